The van der Waals surface area contributed by atoms with Crippen molar-refractivity contribution in [2.45, 2.75) is 69.3 Å². The van der Waals surface area contributed by atoms with E-state index in [-0.39, 0.29) is 0 Å². The fourth-order valence-electron chi connectivity index (χ4n) is 8.87. The molecule has 2 unspecified atom stereocenters. The first-order valence-electron chi connectivity index (χ1n) is 16.2. The van der Waals surface area contributed by atoms with Gasteiger partial charge in [-0.1, -0.05) is 0 Å². The summed E-state index contributed by atoms with van der Waals surface area (Å²) in [5.74, 6) is 0. The third-order valence-electron chi connectivity index (χ3n) is 11.1. The molecular formula is C40H46HfSi. The third-order valence-corrected chi connectivity index (χ3v) is 69.2. The average molecular weight is 733 g/mol. The van der Waals surface area contributed by atoms with Gasteiger partial charge in [0, 0.05) is 0 Å². The summed E-state index contributed by atoms with van der Waals surface area (Å²) in [4.78, 5) is 0. The molecule has 42 heavy (non-hydrogen) atoms. The molecule has 0 aromatic heterocycles. The van der Waals surface area contributed by atoms with E-state index in [0.29, 0.717) is 7.35 Å². The normalized spacial score (nSPS) is 17.4. The molecule has 0 aliphatic heterocycles. The van der Waals surface area contributed by atoms with Crippen molar-refractivity contribution in [3.05, 3.63) is 130 Å². The van der Waals surface area contributed by atoms with E-state index in [4.69, 9.17) is 0 Å². The summed E-state index contributed by atoms with van der Waals surface area (Å²) in [6.45, 7) is 9.57. The molecule has 2 heteroatoms. The Labute approximate surface area is 255 Å². The molecule has 0 saturated heterocycles. The minimum atomic E-state index is -3.79. The quantitative estimate of drug-likeness (QED) is 0.158. The SMILES string of the molecule is CCc1ccccc1-c1cccc2c1C=C[CH]2[Hf]([CH3])([CH3])([CH]1C=Cc2c(-c3ccccc3CC)cccc21)=[Si](CC)CC. The molecule has 0 saturated carbocycles. The molecule has 2 atom stereocenters. The van der Waals surface area contributed by atoms with Crippen LogP contribution < -0.4 is 0 Å². The topological polar surface area (TPSA) is 0 Å². The van der Waals surface area contributed by atoms with Crippen LogP contribution in [0, 0.1) is 0 Å². The Morgan fingerprint density at radius 2 is 0.929 bits per heavy atom. The first-order valence-corrected chi connectivity index (χ1v) is 34.8. The van der Waals surface area contributed by atoms with Crippen LogP contribution in [-0.2, 0) is 30.0 Å². The predicted octanol–water partition coefficient (Wildman–Crippen LogP) is 11.8. The fourth-order valence-corrected chi connectivity index (χ4v) is 65.2. The summed E-state index contributed by atoms with van der Waals surface area (Å²) < 4.78 is 6.91. The zero-order valence-electron chi connectivity index (χ0n) is 26.4. The zero-order chi connectivity index (χ0) is 29.5. The Hall–Kier alpha value is -2.55. The van der Waals surface area contributed by atoms with Crippen molar-refractivity contribution >= 4 is 17.6 Å². The van der Waals surface area contributed by atoms with Gasteiger partial charge in [0.15, 0.2) is 0 Å². The molecule has 214 valence electrons. The molecule has 2 aliphatic carbocycles. The average Bonchev–Trinajstić information content (AvgIpc) is 3.68. The number of allylic oxidation sites excluding steroid dienone is 2. The fraction of sp³-hybridized carbons (Fsp3) is 0.300. The van der Waals surface area contributed by atoms with Crippen LogP contribution in [0.4, 0.5) is 0 Å². The third kappa shape index (κ3) is 4.47. The number of benzene rings is 4. The number of hydrogen-bond acceptors (Lipinski definition) is 0. The Bertz CT molecular complexity index is 1670. The van der Waals surface area contributed by atoms with Crippen LogP contribution in [0.25, 0.3) is 34.4 Å². The predicted molar refractivity (Wildman–Crippen MR) is 185 cm³/mol. The Balaban J connectivity index is 1.56. The summed E-state index contributed by atoms with van der Waals surface area (Å²) in [6.07, 6.45) is 12.5. The van der Waals surface area contributed by atoms with Gasteiger partial charge < -0.3 is 0 Å². The van der Waals surface area contributed by atoms with E-state index in [1.165, 1.54) is 56.6 Å². The first kappa shape index (κ1) is 29.5. The summed E-state index contributed by atoms with van der Waals surface area (Å²) >= 11 is -3.79. The van der Waals surface area contributed by atoms with Crippen LogP contribution in [0.2, 0.25) is 21.4 Å². The van der Waals surface area contributed by atoms with E-state index in [1.54, 1.807) is 11.1 Å². The molecule has 6 rings (SSSR count). The molecule has 0 N–H and O–H groups in total. The van der Waals surface area contributed by atoms with Gasteiger partial charge >= 0.3 is 257 Å². The number of fused-ring (bicyclic) bond motifs is 2. The molecule has 4 aromatic rings. The van der Waals surface area contributed by atoms with Crippen molar-refractivity contribution in [1.82, 2.24) is 0 Å². The van der Waals surface area contributed by atoms with Crippen LogP contribution in [0.5, 0.6) is 0 Å². The Morgan fingerprint density at radius 3 is 1.33 bits per heavy atom. The van der Waals surface area contributed by atoms with Crippen molar-refractivity contribution in [1.29, 1.82) is 0 Å². The van der Waals surface area contributed by atoms with E-state index in [0.717, 1.165) is 12.8 Å². The summed E-state index contributed by atoms with van der Waals surface area (Å²) in [6, 6.07) is 35.2. The van der Waals surface area contributed by atoms with E-state index in [9.17, 15) is 0 Å². The molecule has 0 bridgehead atoms. The monoisotopic (exact) mass is 734 g/mol. The summed E-state index contributed by atoms with van der Waals surface area (Å²) in [5, 5.41) is 0. The molecule has 0 spiro atoms. The van der Waals surface area contributed by atoms with Crippen molar-refractivity contribution in [2.75, 3.05) is 0 Å². The number of rotatable bonds is 8. The summed E-state index contributed by atoms with van der Waals surface area (Å²) in [5.41, 5.74) is 14.2. The maximum absolute atomic E-state index is 3.79. The van der Waals surface area contributed by atoms with Crippen LogP contribution in [0.3, 0.4) is 0 Å². The second-order valence-corrected chi connectivity index (χ2v) is 59.6. The maximum atomic E-state index is 2.88. The van der Waals surface area contributed by atoms with Crippen LogP contribution in [-0.4, -0.2) is 5.49 Å². The van der Waals surface area contributed by atoms with Gasteiger partial charge in [0.1, 0.15) is 0 Å². The first-order chi connectivity index (χ1) is 20.4. The van der Waals surface area contributed by atoms with Crippen LogP contribution >= 0.6 is 0 Å². The van der Waals surface area contributed by atoms with Crippen LogP contribution in [0.1, 0.15) is 68.4 Å². The van der Waals surface area contributed by atoms with Gasteiger partial charge in [-0.3, -0.25) is 0 Å². The van der Waals surface area contributed by atoms with Gasteiger partial charge in [-0.2, -0.15) is 0 Å². The second kappa shape index (κ2) is 11.5. The molecule has 0 nitrogen and oxygen atoms in total. The molecule has 2 aliphatic rings. The van der Waals surface area contributed by atoms with Crippen LogP contribution in [0.15, 0.2) is 97.1 Å². The molecule has 4 aromatic carbocycles. The van der Waals surface area contributed by atoms with Crippen molar-refractivity contribution in [3.63, 3.8) is 0 Å². The van der Waals surface area contributed by atoms with Crippen molar-refractivity contribution < 1.29 is 17.1 Å². The van der Waals surface area contributed by atoms with Gasteiger partial charge in [-0.05, 0) is 0 Å². The zero-order valence-corrected chi connectivity index (χ0v) is 31.0. The van der Waals surface area contributed by atoms with Gasteiger partial charge in [0.2, 0.25) is 0 Å². The van der Waals surface area contributed by atoms with Crippen molar-refractivity contribution in [2.24, 2.45) is 0 Å². The number of aryl methyl sites for hydroxylation is 2. The van der Waals surface area contributed by atoms with E-state index in [1.807, 2.05) is 0 Å². The second-order valence-electron chi connectivity index (χ2n) is 13.2. The molecule has 0 amide bonds. The molecular weight excluding hydrogens is 687 g/mol. The number of hydrogen-bond donors (Lipinski definition) is 0. The summed E-state index contributed by atoms with van der Waals surface area (Å²) in [7, 11) is 0. The van der Waals surface area contributed by atoms with Gasteiger partial charge in [0.05, 0.1) is 0 Å². The van der Waals surface area contributed by atoms with Crippen molar-refractivity contribution in [3.8, 4) is 22.3 Å². The standard InChI is InChI=1S/2C17H15.C4H10Si.2CH3.Hf/c2*1-2-13-7-3-4-10-15(13)17-12-6-9-14-8-5-11-16(14)17;1-3-5-4-2;;;/h2*3-12H,2H2,1H3;3-4H2,1-2H3;2*1H3;. The van der Waals surface area contributed by atoms with Gasteiger partial charge in [0.25, 0.3) is 0 Å². The van der Waals surface area contributed by atoms with E-state index >= 15 is 0 Å². The van der Waals surface area contributed by atoms with E-state index < -0.39 is 22.6 Å². The molecule has 0 heterocycles. The van der Waals surface area contributed by atoms with E-state index in [2.05, 4.69) is 146 Å². The van der Waals surface area contributed by atoms with Gasteiger partial charge in [-0.15, -0.1) is 0 Å². The minimum absolute atomic E-state index is 0.570. The molecule has 0 radical (unpaired) electrons. The Morgan fingerprint density at radius 1 is 0.524 bits per heavy atom. The Kier molecular flexibility index (Phi) is 8.09. The van der Waals surface area contributed by atoms with Gasteiger partial charge in [-0.25, -0.2) is 0 Å². The molecule has 0 fully saturated rings.